The fourth-order valence-corrected chi connectivity index (χ4v) is 2.26. The van der Waals surface area contributed by atoms with Gasteiger partial charge in [0.15, 0.2) is 0 Å². The predicted octanol–water partition coefficient (Wildman–Crippen LogP) is 4.22. The minimum Gasteiger partial charge on any atom is -0.506 e. The molecule has 0 saturated heterocycles. The van der Waals surface area contributed by atoms with Crippen LogP contribution >= 0.6 is 23.2 Å². The summed E-state index contributed by atoms with van der Waals surface area (Å²) in [7, 11) is 0. The highest BCUT2D eigenvalue weighted by Gasteiger charge is 2.13. The topological polar surface area (TPSA) is 75.4 Å². The average Bonchev–Trinajstić information content (AvgIpc) is 2.41. The molecule has 0 aliphatic carbocycles. The number of nitrogens with zero attached hydrogens (tertiary/aromatic N) is 1. The van der Waals surface area contributed by atoms with Crippen LogP contribution in [0.25, 0.3) is 0 Å². The van der Waals surface area contributed by atoms with Gasteiger partial charge < -0.3 is 10.4 Å². The van der Waals surface area contributed by atoms with Crippen LogP contribution in [-0.2, 0) is 6.54 Å². The molecule has 0 aliphatic rings. The van der Waals surface area contributed by atoms with Gasteiger partial charge in [0, 0.05) is 23.2 Å². The van der Waals surface area contributed by atoms with Crippen LogP contribution in [0, 0.1) is 10.1 Å². The summed E-state index contributed by atoms with van der Waals surface area (Å²) < 4.78 is 0. The summed E-state index contributed by atoms with van der Waals surface area (Å²) in [6.45, 7) is 0.164. The lowest BCUT2D eigenvalue weighted by Gasteiger charge is -2.10. The number of para-hydroxylation sites is 2. The summed E-state index contributed by atoms with van der Waals surface area (Å²) >= 11 is 11.7. The Morgan fingerprint density at radius 2 is 1.95 bits per heavy atom. The van der Waals surface area contributed by atoms with Crippen LogP contribution in [0.4, 0.5) is 11.4 Å². The van der Waals surface area contributed by atoms with Crippen molar-refractivity contribution in [2.75, 3.05) is 5.32 Å². The SMILES string of the molecule is O=[N+]([O-])c1ccccc1NCc1cc(Cl)cc(Cl)c1O. The fourth-order valence-electron chi connectivity index (χ4n) is 1.73. The molecular formula is C13H10Cl2N2O3. The third-order valence-electron chi connectivity index (χ3n) is 2.68. The molecule has 0 unspecified atom stereocenters. The monoisotopic (exact) mass is 312 g/mol. The molecule has 2 N–H and O–H groups in total. The van der Waals surface area contributed by atoms with E-state index in [9.17, 15) is 15.2 Å². The van der Waals surface area contributed by atoms with E-state index in [1.165, 1.54) is 12.1 Å². The summed E-state index contributed by atoms with van der Waals surface area (Å²) in [4.78, 5) is 10.4. The van der Waals surface area contributed by atoms with Crippen molar-refractivity contribution in [3.63, 3.8) is 0 Å². The van der Waals surface area contributed by atoms with E-state index in [4.69, 9.17) is 23.2 Å². The van der Waals surface area contributed by atoms with Gasteiger partial charge in [-0.25, -0.2) is 0 Å². The van der Waals surface area contributed by atoms with E-state index in [0.29, 0.717) is 16.3 Å². The highest BCUT2D eigenvalue weighted by Crippen LogP contribution is 2.32. The van der Waals surface area contributed by atoms with Crippen LogP contribution in [0.1, 0.15) is 5.56 Å². The van der Waals surface area contributed by atoms with Crippen molar-refractivity contribution in [3.8, 4) is 5.75 Å². The van der Waals surface area contributed by atoms with Gasteiger partial charge in [0.25, 0.3) is 5.69 Å². The second-order valence-electron chi connectivity index (χ2n) is 4.02. The number of phenolic OH excluding ortho intramolecular Hbond substituents is 1. The van der Waals surface area contributed by atoms with Gasteiger partial charge in [-0.1, -0.05) is 35.3 Å². The Balaban J connectivity index is 2.24. The number of anilines is 1. The normalized spacial score (nSPS) is 10.3. The molecule has 0 aromatic heterocycles. The van der Waals surface area contributed by atoms with E-state index < -0.39 is 4.92 Å². The lowest BCUT2D eigenvalue weighted by Crippen LogP contribution is -2.03. The molecule has 0 radical (unpaired) electrons. The van der Waals surface area contributed by atoms with Gasteiger partial charge in [-0.05, 0) is 18.2 Å². The zero-order chi connectivity index (χ0) is 14.7. The predicted molar refractivity (Wildman–Crippen MR) is 78.5 cm³/mol. The first-order valence-electron chi connectivity index (χ1n) is 5.63. The molecule has 20 heavy (non-hydrogen) atoms. The Labute approximate surface area is 124 Å². The molecule has 0 amide bonds. The second-order valence-corrected chi connectivity index (χ2v) is 4.87. The average molecular weight is 313 g/mol. The zero-order valence-electron chi connectivity index (χ0n) is 10.1. The first-order valence-corrected chi connectivity index (χ1v) is 6.39. The smallest absolute Gasteiger partial charge is 0.292 e. The second kappa shape index (κ2) is 5.98. The molecule has 0 aliphatic heterocycles. The Kier molecular flexibility index (Phi) is 4.32. The molecule has 0 fully saturated rings. The standard InChI is InChI=1S/C13H10Cl2N2O3/c14-9-5-8(13(18)10(15)6-9)7-16-11-3-1-2-4-12(11)17(19)20/h1-6,16,18H,7H2. The number of aromatic hydroxyl groups is 1. The van der Waals surface area contributed by atoms with E-state index in [1.807, 2.05) is 0 Å². The van der Waals surface area contributed by atoms with Gasteiger partial charge in [-0.15, -0.1) is 0 Å². The molecule has 0 atom stereocenters. The van der Waals surface area contributed by atoms with E-state index in [1.54, 1.807) is 24.3 Å². The van der Waals surface area contributed by atoms with Gasteiger partial charge in [-0.3, -0.25) is 10.1 Å². The first kappa shape index (κ1) is 14.4. The largest absolute Gasteiger partial charge is 0.506 e. The first-order chi connectivity index (χ1) is 9.49. The van der Waals surface area contributed by atoms with Crippen molar-refractivity contribution in [3.05, 3.63) is 62.1 Å². The van der Waals surface area contributed by atoms with Crippen molar-refractivity contribution in [1.29, 1.82) is 0 Å². The van der Waals surface area contributed by atoms with Gasteiger partial charge in [0.05, 0.1) is 9.95 Å². The molecule has 7 heteroatoms. The molecule has 0 heterocycles. The number of nitro groups is 1. The number of rotatable bonds is 4. The van der Waals surface area contributed by atoms with Crippen LogP contribution in [0.5, 0.6) is 5.75 Å². The maximum absolute atomic E-state index is 10.9. The number of benzene rings is 2. The molecule has 2 rings (SSSR count). The summed E-state index contributed by atoms with van der Waals surface area (Å²) in [5, 5.41) is 24.1. The Bertz CT molecular complexity index is 662. The molecule has 104 valence electrons. The van der Waals surface area contributed by atoms with Crippen molar-refractivity contribution < 1.29 is 10.0 Å². The summed E-state index contributed by atoms with van der Waals surface area (Å²) in [6.07, 6.45) is 0. The van der Waals surface area contributed by atoms with Crippen molar-refractivity contribution in [2.45, 2.75) is 6.54 Å². The minimum atomic E-state index is -0.479. The highest BCUT2D eigenvalue weighted by atomic mass is 35.5. The lowest BCUT2D eigenvalue weighted by atomic mass is 10.2. The van der Waals surface area contributed by atoms with E-state index in [2.05, 4.69) is 5.32 Å². The van der Waals surface area contributed by atoms with E-state index in [-0.39, 0.29) is 23.0 Å². The Morgan fingerprint density at radius 3 is 2.65 bits per heavy atom. The maximum Gasteiger partial charge on any atom is 0.292 e. The van der Waals surface area contributed by atoms with E-state index in [0.717, 1.165) is 0 Å². The third-order valence-corrected chi connectivity index (χ3v) is 3.18. The Morgan fingerprint density at radius 1 is 1.25 bits per heavy atom. The molecule has 0 saturated carbocycles. The molecule has 5 nitrogen and oxygen atoms in total. The molecule has 0 bridgehead atoms. The fraction of sp³-hybridized carbons (Fsp3) is 0.0769. The number of phenols is 1. The third kappa shape index (κ3) is 3.12. The van der Waals surface area contributed by atoms with Crippen molar-refractivity contribution in [1.82, 2.24) is 0 Å². The number of halogens is 2. The van der Waals surface area contributed by atoms with Crippen LogP contribution in [-0.4, -0.2) is 10.0 Å². The number of hydrogen-bond donors (Lipinski definition) is 2. The van der Waals surface area contributed by atoms with Crippen LogP contribution in [0.15, 0.2) is 36.4 Å². The molecule has 2 aromatic carbocycles. The van der Waals surface area contributed by atoms with Crippen molar-refractivity contribution >= 4 is 34.6 Å². The maximum atomic E-state index is 10.9. The van der Waals surface area contributed by atoms with Gasteiger partial charge in [0.1, 0.15) is 11.4 Å². The molecule has 2 aromatic rings. The number of nitro benzene ring substituents is 1. The summed E-state index contributed by atoms with van der Waals surface area (Å²) in [5.41, 5.74) is 0.772. The summed E-state index contributed by atoms with van der Waals surface area (Å²) in [5.74, 6) is -0.0952. The van der Waals surface area contributed by atoms with Crippen LogP contribution in [0.3, 0.4) is 0 Å². The van der Waals surface area contributed by atoms with Crippen LogP contribution < -0.4 is 5.32 Å². The lowest BCUT2D eigenvalue weighted by molar-refractivity contribution is -0.384. The van der Waals surface area contributed by atoms with Gasteiger partial charge in [-0.2, -0.15) is 0 Å². The minimum absolute atomic E-state index is 0.0416. The summed E-state index contributed by atoms with van der Waals surface area (Å²) in [6, 6.07) is 9.21. The quantitative estimate of drug-likeness (QED) is 0.654. The highest BCUT2D eigenvalue weighted by molar-refractivity contribution is 6.35. The van der Waals surface area contributed by atoms with Crippen molar-refractivity contribution in [2.24, 2.45) is 0 Å². The molecule has 0 spiro atoms. The zero-order valence-corrected chi connectivity index (χ0v) is 11.6. The molecular weight excluding hydrogens is 303 g/mol. The number of nitrogens with one attached hydrogen (secondary N) is 1. The number of hydrogen-bond acceptors (Lipinski definition) is 4. The van der Waals surface area contributed by atoms with Gasteiger partial charge in [0.2, 0.25) is 0 Å². The van der Waals surface area contributed by atoms with Gasteiger partial charge >= 0.3 is 0 Å². The Hall–Kier alpha value is -1.98. The van der Waals surface area contributed by atoms with E-state index >= 15 is 0 Å². The van der Waals surface area contributed by atoms with Crippen LogP contribution in [0.2, 0.25) is 10.0 Å².